The van der Waals surface area contributed by atoms with Gasteiger partial charge in [0, 0.05) is 0 Å². The van der Waals surface area contributed by atoms with Gasteiger partial charge in [-0.15, -0.1) is 6.42 Å². The van der Waals surface area contributed by atoms with Gasteiger partial charge < -0.3 is 10.1 Å². The molecule has 15 heavy (non-hydrogen) atoms. The van der Waals surface area contributed by atoms with Crippen LogP contribution in [0.3, 0.4) is 0 Å². The van der Waals surface area contributed by atoms with Crippen LogP contribution in [-0.4, -0.2) is 13.2 Å². The molecule has 0 aliphatic rings. The van der Waals surface area contributed by atoms with Crippen molar-refractivity contribution in [3.8, 4) is 18.1 Å². The fourth-order valence-electron chi connectivity index (χ4n) is 1.14. The van der Waals surface area contributed by atoms with E-state index < -0.39 is 0 Å². The van der Waals surface area contributed by atoms with Crippen LogP contribution in [0.2, 0.25) is 0 Å². The minimum absolute atomic E-state index is 0.516. The van der Waals surface area contributed by atoms with Crippen molar-refractivity contribution in [1.82, 2.24) is 0 Å². The van der Waals surface area contributed by atoms with Gasteiger partial charge in [-0.1, -0.05) is 31.9 Å². The number of nitrogens with one attached hydrogen (secondary N) is 1. The Morgan fingerprint density at radius 1 is 1.40 bits per heavy atom. The van der Waals surface area contributed by atoms with Gasteiger partial charge in [0.15, 0.2) is 0 Å². The first-order valence-electron chi connectivity index (χ1n) is 5.13. The zero-order valence-electron chi connectivity index (χ0n) is 9.29. The van der Waals surface area contributed by atoms with E-state index in [4.69, 9.17) is 11.2 Å². The van der Waals surface area contributed by atoms with Gasteiger partial charge in [-0.2, -0.15) is 0 Å². The highest BCUT2D eigenvalue weighted by Gasteiger charge is 2.02. The fourth-order valence-corrected chi connectivity index (χ4v) is 1.14. The third kappa shape index (κ3) is 3.95. The Balaban J connectivity index is 2.64. The maximum absolute atomic E-state index is 5.66. The summed E-state index contributed by atoms with van der Waals surface area (Å²) in [5.41, 5.74) is 0.955. The molecule has 0 bridgehead atoms. The van der Waals surface area contributed by atoms with Crippen molar-refractivity contribution in [3.05, 3.63) is 24.3 Å². The molecule has 0 aromatic heterocycles. The molecule has 0 spiro atoms. The second kappa shape index (κ2) is 5.98. The minimum atomic E-state index is 0.516. The summed E-state index contributed by atoms with van der Waals surface area (Å²) in [5.74, 6) is 3.92. The van der Waals surface area contributed by atoms with Gasteiger partial charge >= 0.3 is 0 Å². The largest absolute Gasteiger partial charge is 0.491 e. The highest BCUT2D eigenvalue weighted by atomic mass is 16.5. The molecule has 0 aliphatic carbocycles. The molecular formula is C13H17NO. The van der Waals surface area contributed by atoms with E-state index >= 15 is 0 Å². The van der Waals surface area contributed by atoms with Gasteiger partial charge in [-0.05, 0) is 18.1 Å². The van der Waals surface area contributed by atoms with E-state index in [0.29, 0.717) is 12.5 Å². The van der Waals surface area contributed by atoms with Gasteiger partial charge in [0.05, 0.1) is 18.8 Å². The molecule has 0 saturated carbocycles. The number of benzene rings is 1. The summed E-state index contributed by atoms with van der Waals surface area (Å²) < 4.78 is 5.66. The summed E-state index contributed by atoms with van der Waals surface area (Å²) in [4.78, 5) is 0. The molecule has 0 unspecified atom stereocenters. The van der Waals surface area contributed by atoms with Crippen LogP contribution in [0.15, 0.2) is 24.3 Å². The number of ether oxygens (including phenoxy) is 1. The lowest BCUT2D eigenvalue weighted by atomic mass is 10.2. The standard InChI is InChI=1S/C13H17NO/c1-4-9-14-12-7-5-6-8-13(12)15-10-11(2)3/h1,5-8,11,14H,9-10H2,2-3H3. The van der Waals surface area contributed by atoms with E-state index in [0.717, 1.165) is 18.0 Å². The van der Waals surface area contributed by atoms with E-state index in [9.17, 15) is 0 Å². The lowest BCUT2D eigenvalue weighted by Gasteiger charge is -2.13. The maximum atomic E-state index is 5.66. The first-order valence-corrected chi connectivity index (χ1v) is 5.13. The van der Waals surface area contributed by atoms with E-state index in [1.807, 2.05) is 24.3 Å². The van der Waals surface area contributed by atoms with Gasteiger partial charge in [-0.3, -0.25) is 0 Å². The molecule has 80 valence electrons. The summed E-state index contributed by atoms with van der Waals surface area (Å²) >= 11 is 0. The lowest BCUT2D eigenvalue weighted by Crippen LogP contribution is -2.07. The zero-order valence-corrected chi connectivity index (χ0v) is 9.29. The summed E-state index contributed by atoms with van der Waals surface area (Å²) in [6.45, 7) is 5.48. The molecule has 0 fully saturated rings. The van der Waals surface area contributed by atoms with Crippen LogP contribution in [0.4, 0.5) is 5.69 Å². The first-order chi connectivity index (χ1) is 7.24. The maximum Gasteiger partial charge on any atom is 0.142 e. The quantitative estimate of drug-likeness (QED) is 0.743. The fraction of sp³-hybridized carbons (Fsp3) is 0.385. The highest BCUT2D eigenvalue weighted by Crippen LogP contribution is 2.23. The monoisotopic (exact) mass is 203 g/mol. The number of hydrogen-bond donors (Lipinski definition) is 1. The van der Waals surface area contributed by atoms with Crippen molar-refractivity contribution >= 4 is 5.69 Å². The van der Waals surface area contributed by atoms with Gasteiger partial charge in [0.2, 0.25) is 0 Å². The molecule has 2 heteroatoms. The van der Waals surface area contributed by atoms with Crippen molar-refractivity contribution in [2.24, 2.45) is 5.92 Å². The number of rotatable bonds is 5. The van der Waals surface area contributed by atoms with Crippen LogP contribution < -0.4 is 10.1 Å². The molecule has 0 aliphatic heterocycles. The van der Waals surface area contributed by atoms with Gasteiger partial charge in [0.1, 0.15) is 5.75 Å². The summed E-state index contributed by atoms with van der Waals surface area (Å²) in [5, 5.41) is 3.13. The van der Waals surface area contributed by atoms with Crippen molar-refractivity contribution in [2.75, 3.05) is 18.5 Å². The third-order valence-electron chi connectivity index (χ3n) is 1.84. The van der Waals surface area contributed by atoms with Crippen LogP contribution in [-0.2, 0) is 0 Å². The molecule has 1 rings (SSSR count). The smallest absolute Gasteiger partial charge is 0.142 e. The highest BCUT2D eigenvalue weighted by molar-refractivity contribution is 5.56. The molecule has 0 amide bonds. The van der Waals surface area contributed by atoms with E-state index in [1.165, 1.54) is 0 Å². The SMILES string of the molecule is C#CCNc1ccccc1OCC(C)C. The van der Waals surface area contributed by atoms with Crippen LogP contribution in [0.25, 0.3) is 0 Å². The Kier molecular flexibility index (Phi) is 4.56. The molecule has 0 heterocycles. The molecule has 0 saturated heterocycles. The number of para-hydroxylation sites is 2. The Labute approximate surface area is 91.6 Å². The number of anilines is 1. The summed E-state index contributed by atoms with van der Waals surface area (Å²) in [6.07, 6.45) is 5.20. The van der Waals surface area contributed by atoms with E-state index in [2.05, 4.69) is 25.1 Å². The first kappa shape index (κ1) is 11.5. The van der Waals surface area contributed by atoms with Crippen LogP contribution in [0, 0.1) is 18.3 Å². The average molecular weight is 203 g/mol. The lowest BCUT2D eigenvalue weighted by molar-refractivity contribution is 0.272. The van der Waals surface area contributed by atoms with Crippen LogP contribution in [0.5, 0.6) is 5.75 Å². The van der Waals surface area contributed by atoms with E-state index in [-0.39, 0.29) is 0 Å². The average Bonchev–Trinajstić information content (AvgIpc) is 2.24. The van der Waals surface area contributed by atoms with E-state index in [1.54, 1.807) is 0 Å². The molecular weight excluding hydrogens is 186 g/mol. The Morgan fingerprint density at radius 3 is 2.80 bits per heavy atom. The Bertz CT molecular complexity index is 339. The molecule has 1 aromatic rings. The Hall–Kier alpha value is -1.62. The predicted octanol–water partition coefficient (Wildman–Crippen LogP) is 2.77. The van der Waals surface area contributed by atoms with Crippen molar-refractivity contribution in [2.45, 2.75) is 13.8 Å². The molecule has 0 radical (unpaired) electrons. The molecule has 0 atom stereocenters. The molecule has 1 N–H and O–H groups in total. The zero-order chi connectivity index (χ0) is 11.1. The summed E-state index contributed by atoms with van der Waals surface area (Å²) in [7, 11) is 0. The normalized spacial score (nSPS) is 9.73. The number of hydrogen-bond acceptors (Lipinski definition) is 2. The van der Waals surface area contributed by atoms with Crippen LogP contribution >= 0.6 is 0 Å². The minimum Gasteiger partial charge on any atom is -0.491 e. The van der Waals surface area contributed by atoms with Crippen molar-refractivity contribution < 1.29 is 4.74 Å². The van der Waals surface area contributed by atoms with Crippen molar-refractivity contribution in [3.63, 3.8) is 0 Å². The number of terminal acetylenes is 1. The third-order valence-corrected chi connectivity index (χ3v) is 1.84. The van der Waals surface area contributed by atoms with Crippen LogP contribution in [0.1, 0.15) is 13.8 Å². The Morgan fingerprint density at radius 2 is 2.13 bits per heavy atom. The topological polar surface area (TPSA) is 21.3 Å². The second-order valence-electron chi connectivity index (χ2n) is 3.76. The van der Waals surface area contributed by atoms with Gasteiger partial charge in [0.25, 0.3) is 0 Å². The molecule has 2 nitrogen and oxygen atoms in total. The van der Waals surface area contributed by atoms with Crippen molar-refractivity contribution in [1.29, 1.82) is 0 Å². The van der Waals surface area contributed by atoms with Gasteiger partial charge in [-0.25, -0.2) is 0 Å². The second-order valence-corrected chi connectivity index (χ2v) is 3.76. The molecule has 1 aromatic carbocycles. The predicted molar refractivity (Wildman–Crippen MR) is 64.1 cm³/mol. The summed E-state index contributed by atoms with van der Waals surface area (Å²) in [6, 6.07) is 7.83.